The van der Waals surface area contributed by atoms with Gasteiger partial charge in [0.15, 0.2) is 0 Å². The number of nitrogens with two attached hydrogens (primary N) is 1. The van der Waals surface area contributed by atoms with Gasteiger partial charge in [-0.1, -0.05) is 0 Å². The van der Waals surface area contributed by atoms with Gasteiger partial charge in [0, 0.05) is 24.5 Å². The van der Waals surface area contributed by atoms with Gasteiger partial charge in [0.1, 0.15) is 0 Å². The van der Waals surface area contributed by atoms with Crippen molar-refractivity contribution in [3.63, 3.8) is 0 Å². The zero-order valence-electron chi connectivity index (χ0n) is 10.6. The fraction of sp³-hybridized carbons (Fsp3) is 0.900. The van der Waals surface area contributed by atoms with E-state index in [2.05, 4.69) is 5.32 Å². The van der Waals surface area contributed by atoms with Crippen molar-refractivity contribution in [2.75, 3.05) is 13.1 Å². The minimum absolute atomic E-state index is 0.00781. The molecule has 0 atom stereocenters. The minimum atomic E-state index is -3.61. The van der Waals surface area contributed by atoms with Crippen LogP contribution in [0.2, 0.25) is 0 Å². The number of amides is 1. The van der Waals surface area contributed by atoms with E-state index >= 15 is 0 Å². The molecule has 7 heteroatoms. The van der Waals surface area contributed by atoms with Gasteiger partial charge < -0.3 is 5.32 Å². The first-order valence-corrected chi connectivity index (χ1v) is 7.20. The highest BCUT2D eigenvalue weighted by molar-refractivity contribution is 7.86. The summed E-state index contributed by atoms with van der Waals surface area (Å²) in [4.78, 5) is 11.9. The van der Waals surface area contributed by atoms with Crippen LogP contribution >= 0.6 is 0 Å². The van der Waals surface area contributed by atoms with Gasteiger partial charge in [0.05, 0.1) is 0 Å². The van der Waals surface area contributed by atoms with Gasteiger partial charge in [0.2, 0.25) is 5.91 Å². The monoisotopic (exact) mass is 263 g/mol. The summed E-state index contributed by atoms with van der Waals surface area (Å²) >= 11 is 0. The van der Waals surface area contributed by atoms with Gasteiger partial charge in [-0.3, -0.25) is 4.79 Å². The van der Waals surface area contributed by atoms with E-state index in [1.807, 2.05) is 20.8 Å². The van der Waals surface area contributed by atoms with Crippen molar-refractivity contribution in [1.82, 2.24) is 9.62 Å². The van der Waals surface area contributed by atoms with Crippen molar-refractivity contribution < 1.29 is 13.2 Å². The standard InChI is InChI=1S/C10H21N3O3S/c1-10(2,3)12-9(14)8-4-6-13(7-5-8)17(11,15)16/h8H,4-7H2,1-3H3,(H,12,14)(H2,11,15,16). The molecule has 0 saturated carbocycles. The summed E-state index contributed by atoms with van der Waals surface area (Å²) in [6.07, 6.45) is 1.05. The molecule has 1 aliphatic rings. The first-order valence-electron chi connectivity index (χ1n) is 5.69. The molecule has 1 fully saturated rings. The molecule has 0 aromatic carbocycles. The lowest BCUT2D eigenvalue weighted by atomic mass is 9.96. The van der Waals surface area contributed by atoms with E-state index in [9.17, 15) is 13.2 Å². The molecule has 0 unspecified atom stereocenters. The first kappa shape index (κ1) is 14.4. The van der Waals surface area contributed by atoms with Crippen molar-refractivity contribution in [2.45, 2.75) is 39.2 Å². The van der Waals surface area contributed by atoms with E-state index in [4.69, 9.17) is 5.14 Å². The van der Waals surface area contributed by atoms with Gasteiger partial charge in [-0.2, -0.15) is 12.7 Å². The molecular weight excluding hydrogens is 242 g/mol. The lowest BCUT2D eigenvalue weighted by Gasteiger charge is -2.31. The fourth-order valence-corrected chi connectivity index (χ4v) is 2.56. The summed E-state index contributed by atoms with van der Waals surface area (Å²) < 4.78 is 23.4. The Morgan fingerprint density at radius 1 is 1.29 bits per heavy atom. The lowest BCUT2D eigenvalue weighted by molar-refractivity contribution is -0.127. The number of nitrogens with zero attached hydrogens (tertiary/aromatic N) is 1. The molecule has 0 aromatic rings. The van der Waals surface area contributed by atoms with Crippen LogP contribution in [0.25, 0.3) is 0 Å². The van der Waals surface area contributed by atoms with Crippen LogP contribution in [-0.2, 0) is 15.0 Å². The Morgan fingerprint density at radius 3 is 2.12 bits per heavy atom. The fourth-order valence-electron chi connectivity index (χ4n) is 1.84. The number of carbonyl (C=O) groups is 1. The van der Waals surface area contributed by atoms with E-state index in [0.29, 0.717) is 25.9 Å². The van der Waals surface area contributed by atoms with Crippen LogP contribution in [-0.4, -0.2) is 37.3 Å². The molecule has 1 heterocycles. The molecule has 0 aliphatic carbocycles. The Labute approximate surface area is 103 Å². The van der Waals surface area contributed by atoms with Crippen LogP contribution in [0.4, 0.5) is 0 Å². The van der Waals surface area contributed by atoms with Crippen LogP contribution in [0.15, 0.2) is 0 Å². The third-order valence-corrected chi connectivity index (χ3v) is 3.77. The van der Waals surface area contributed by atoms with Gasteiger partial charge >= 0.3 is 0 Å². The van der Waals surface area contributed by atoms with E-state index < -0.39 is 10.2 Å². The molecule has 1 amide bonds. The van der Waals surface area contributed by atoms with Crippen molar-refractivity contribution >= 4 is 16.1 Å². The molecule has 1 aliphatic heterocycles. The molecular formula is C10H21N3O3S. The Hall–Kier alpha value is -0.660. The second-order valence-electron chi connectivity index (χ2n) is 5.46. The van der Waals surface area contributed by atoms with E-state index in [1.165, 1.54) is 4.31 Å². The first-order chi connectivity index (χ1) is 7.59. The normalized spacial score (nSPS) is 20.2. The van der Waals surface area contributed by atoms with E-state index in [1.54, 1.807) is 0 Å². The number of nitrogens with one attached hydrogen (secondary N) is 1. The molecule has 6 nitrogen and oxygen atoms in total. The molecule has 0 spiro atoms. The summed E-state index contributed by atoms with van der Waals surface area (Å²) in [6, 6.07) is 0. The Kier molecular flexibility index (Phi) is 4.16. The van der Waals surface area contributed by atoms with Crippen molar-refractivity contribution in [1.29, 1.82) is 0 Å². The number of hydrogen-bond donors (Lipinski definition) is 2. The molecule has 3 N–H and O–H groups in total. The average Bonchev–Trinajstić information content (AvgIpc) is 2.14. The topological polar surface area (TPSA) is 92.5 Å². The highest BCUT2D eigenvalue weighted by Gasteiger charge is 2.30. The van der Waals surface area contributed by atoms with Gasteiger partial charge in [-0.25, -0.2) is 5.14 Å². The van der Waals surface area contributed by atoms with Crippen molar-refractivity contribution in [2.24, 2.45) is 11.1 Å². The van der Waals surface area contributed by atoms with Crippen LogP contribution in [0, 0.1) is 5.92 Å². The maximum absolute atomic E-state index is 11.9. The summed E-state index contributed by atoms with van der Waals surface area (Å²) in [6.45, 7) is 6.40. The molecule has 1 rings (SSSR count). The lowest BCUT2D eigenvalue weighted by Crippen LogP contribution is -2.48. The Bertz CT molecular complexity index is 378. The quantitative estimate of drug-likeness (QED) is 0.723. The maximum atomic E-state index is 11.9. The molecule has 1 saturated heterocycles. The number of piperidine rings is 1. The van der Waals surface area contributed by atoms with Crippen LogP contribution < -0.4 is 10.5 Å². The molecule has 17 heavy (non-hydrogen) atoms. The van der Waals surface area contributed by atoms with Crippen molar-refractivity contribution in [3.05, 3.63) is 0 Å². The average molecular weight is 263 g/mol. The molecule has 100 valence electrons. The van der Waals surface area contributed by atoms with Gasteiger partial charge in [-0.05, 0) is 33.6 Å². The minimum Gasteiger partial charge on any atom is -0.351 e. The zero-order valence-corrected chi connectivity index (χ0v) is 11.4. The molecule has 0 radical (unpaired) electrons. The summed E-state index contributed by atoms with van der Waals surface area (Å²) in [5.74, 6) is -0.126. The SMILES string of the molecule is CC(C)(C)NC(=O)C1CCN(S(N)(=O)=O)CC1. The second-order valence-corrected chi connectivity index (χ2v) is 7.00. The van der Waals surface area contributed by atoms with Crippen molar-refractivity contribution in [3.8, 4) is 0 Å². The predicted molar refractivity (Wildman–Crippen MR) is 65.3 cm³/mol. The summed E-state index contributed by atoms with van der Waals surface area (Å²) in [7, 11) is -3.61. The highest BCUT2D eigenvalue weighted by atomic mass is 32.2. The van der Waals surface area contributed by atoms with Crippen LogP contribution in [0.5, 0.6) is 0 Å². The third-order valence-electron chi connectivity index (χ3n) is 2.68. The van der Waals surface area contributed by atoms with Gasteiger partial charge in [-0.15, -0.1) is 0 Å². The highest BCUT2D eigenvalue weighted by Crippen LogP contribution is 2.19. The van der Waals surface area contributed by atoms with E-state index in [0.717, 1.165) is 0 Å². The Morgan fingerprint density at radius 2 is 1.76 bits per heavy atom. The zero-order chi connectivity index (χ0) is 13.3. The Balaban J connectivity index is 2.50. The van der Waals surface area contributed by atoms with Gasteiger partial charge in [0.25, 0.3) is 10.2 Å². The van der Waals surface area contributed by atoms with E-state index in [-0.39, 0.29) is 17.4 Å². The number of rotatable bonds is 2. The number of hydrogen-bond acceptors (Lipinski definition) is 3. The predicted octanol–water partition coefficient (Wildman–Crippen LogP) is -0.183. The number of carbonyl (C=O) groups excluding carboxylic acids is 1. The smallest absolute Gasteiger partial charge is 0.276 e. The summed E-state index contributed by atoms with van der Waals surface area (Å²) in [5.41, 5.74) is -0.256. The maximum Gasteiger partial charge on any atom is 0.276 e. The largest absolute Gasteiger partial charge is 0.351 e. The summed E-state index contributed by atoms with van der Waals surface area (Å²) in [5, 5.41) is 7.94. The van der Waals surface area contributed by atoms with Crippen LogP contribution in [0.1, 0.15) is 33.6 Å². The molecule has 0 bridgehead atoms. The van der Waals surface area contributed by atoms with Crippen LogP contribution in [0.3, 0.4) is 0 Å². The second kappa shape index (κ2) is 4.91. The third kappa shape index (κ3) is 4.61. The molecule has 0 aromatic heterocycles.